The Hall–Kier alpha value is -2.72. The van der Waals surface area contributed by atoms with E-state index < -0.39 is 24.1 Å². The zero-order chi connectivity index (χ0) is 22.9. The molecule has 0 bridgehead atoms. The Morgan fingerprint density at radius 3 is 2.62 bits per heavy atom. The van der Waals surface area contributed by atoms with E-state index >= 15 is 0 Å². The number of halogens is 3. The molecule has 2 fully saturated rings. The maximum atomic E-state index is 13.1. The van der Waals surface area contributed by atoms with E-state index in [1.54, 1.807) is 13.0 Å². The van der Waals surface area contributed by atoms with Gasteiger partial charge in [0.15, 0.2) is 6.29 Å². The number of benzene rings is 1. The highest BCUT2D eigenvalue weighted by atomic mass is 19.4. The molecule has 2 N–H and O–H groups in total. The van der Waals surface area contributed by atoms with Gasteiger partial charge in [0.1, 0.15) is 12.1 Å². The maximum Gasteiger partial charge on any atom is 0.416 e. The molecule has 1 aromatic heterocycles. The second-order valence-electron chi connectivity index (χ2n) is 8.43. The molecule has 172 valence electrons. The molecule has 0 unspecified atom stereocenters. The molecular formula is C22H25F3N4O3. The van der Waals surface area contributed by atoms with Crippen molar-refractivity contribution in [2.24, 2.45) is 0 Å². The summed E-state index contributed by atoms with van der Waals surface area (Å²) in [6.45, 7) is 4.48. The first-order valence-corrected chi connectivity index (χ1v) is 10.5. The lowest BCUT2D eigenvalue weighted by molar-refractivity contribution is -0.137. The van der Waals surface area contributed by atoms with Crippen molar-refractivity contribution in [1.29, 1.82) is 0 Å². The fourth-order valence-electron chi connectivity index (χ4n) is 3.58. The Bertz CT molecular complexity index is 989. The van der Waals surface area contributed by atoms with Crippen LogP contribution in [-0.2, 0) is 26.9 Å². The van der Waals surface area contributed by atoms with Crippen LogP contribution in [0.1, 0.15) is 61.4 Å². The highest BCUT2D eigenvalue weighted by Gasteiger charge is 2.39. The molecule has 4 rings (SSSR count). The normalized spacial score (nSPS) is 18.9. The van der Waals surface area contributed by atoms with E-state index in [0.717, 1.165) is 25.0 Å². The maximum absolute atomic E-state index is 13.1. The van der Waals surface area contributed by atoms with Crippen LogP contribution in [0.4, 0.5) is 19.0 Å². The van der Waals surface area contributed by atoms with Gasteiger partial charge < -0.3 is 20.1 Å². The molecule has 2 heterocycles. The molecule has 2 aliphatic rings. The van der Waals surface area contributed by atoms with E-state index in [-0.39, 0.29) is 17.9 Å². The molecule has 0 spiro atoms. The molecule has 1 aliphatic carbocycles. The van der Waals surface area contributed by atoms with Gasteiger partial charge in [0.2, 0.25) is 5.91 Å². The summed E-state index contributed by atoms with van der Waals surface area (Å²) in [6, 6.07) is 4.62. The van der Waals surface area contributed by atoms with Gasteiger partial charge in [-0.2, -0.15) is 13.2 Å². The number of nitrogens with zero attached hydrogens (tertiary/aromatic N) is 2. The molecule has 32 heavy (non-hydrogen) atoms. The lowest BCUT2D eigenvalue weighted by Gasteiger charge is -2.22. The molecule has 1 saturated heterocycles. The van der Waals surface area contributed by atoms with Gasteiger partial charge in [-0.3, -0.25) is 4.79 Å². The van der Waals surface area contributed by atoms with Gasteiger partial charge in [0.25, 0.3) is 0 Å². The van der Waals surface area contributed by atoms with Crippen molar-refractivity contribution in [3.63, 3.8) is 0 Å². The van der Waals surface area contributed by atoms with Crippen LogP contribution < -0.4 is 10.6 Å². The summed E-state index contributed by atoms with van der Waals surface area (Å²) in [7, 11) is 0. The zero-order valence-electron chi connectivity index (χ0n) is 17.8. The average Bonchev–Trinajstić information content (AvgIpc) is 3.22. The van der Waals surface area contributed by atoms with Gasteiger partial charge in [-0.1, -0.05) is 12.1 Å². The third kappa shape index (κ3) is 5.18. The minimum Gasteiger partial charge on any atom is -0.363 e. The van der Waals surface area contributed by atoms with Gasteiger partial charge in [0, 0.05) is 11.6 Å². The number of hydrogen-bond acceptors (Lipinski definition) is 6. The molecule has 10 heteroatoms. The summed E-state index contributed by atoms with van der Waals surface area (Å²) >= 11 is 0. The van der Waals surface area contributed by atoms with Crippen LogP contribution >= 0.6 is 0 Å². The largest absolute Gasteiger partial charge is 0.416 e. The second kappa shape index (κ2) is 8.67. The summed E-state index contributed by atoms with van der Waals surface area (Å²) in [4.78, 5) is 21.1. The second-order valence-corrected chi connectivity index (χ2v) is 8.43. The van der Waals surface area contributed by atoms with Gasteiger partial charge in [-0.05, 0) is 44.4 Å². The van der Waals surface area contributed by atoms with Crippen LogP contribution in [0.25, 0.3) is 0 Å². The topological polar surface area (TPSA) is 85.4 Å². The fraction of sp³-hybridized carbons (Fsp3) is 0.500. The Balaban J connectivity index is 1.59. The number of amides is 1. The fourth-order valence-corrected chi connectivity index (χ4v) is 3.58. The first-order chi connectivity index (χ1) is 15.1. The lowest BCUT2D eigenvalue weighted by Crippen LogP contribution is -2.35. The predicted molar refractivity (Wildman–Crippen MR) is 110 cm³/mol. The molecule has 1 atom stereocenters. The standard InChI is InChI=1S/C22H25F3N4O3/c1-13(14-4-3-5-15(10-14)22(23,24)25)28-19-18(20-31-8-9-32-20)16(26-12-27-19)11-17(30)29-21(2)6-7-21/h3-5,10,12-13,20H,6-9,11H2,1-2H3,(H,29,30)(H,26,27,28)/t13-/m1/s1. The highest BCUT2D eigenvalue weighted by Crippen LogP contribution is 2.36. The minimum atomic E-state index is -4.43. The molecule has 1 aliphatic heterocycles. The summed E-state index contributed by atoms with van der Waals surface area (Å²) in [6.07, 6.45) is -1.98. The van der Waals surface area contributed by atoms with Gasteiger partial charge in [-0.15, -0.1) is 0 Å². The minimum absolute atomic E-state index is 0.0171. The van der Waals surface area contributed by atoms with Crippen LogP contribution in [-0.4, -0.2) is 34.6 Å². The molecule has 1 aromatic carbocycles. The van der Waals surface area contributed by atoms with E-state index in [2.05, 4.69) is 20.6 Å². The van der Waals surface area contributed by atoms with Gasteiger partial charge in [0.05, 0.1) is 36.5 Å². The number of anilines is 1. The Morgan fingerprint density at radius 1 is 1.25 bits per heavy atom. The molecule has 7 nitrogen and oxygen atoms in total. The SMILES string of the molecule is C[C@@H](Nc1ncnc(CC(=O)NC2(C)CC2)c1C1OCCO1)c1cccc(C(F)(F)F)c1. The first kappa shape index (κ1) is 22.5. The number of ether oxygens (including phenoxy) is 2. The number of alkyl halides is 3. The average molecular weight is 450 g/mol. The zero-order valence-corrected chi connectivity index (χ0v) is 17.8. The van der Waals surface area contributed by atoms with Crippen molar-refractivity contribution in [1.82, 2.24) is 15.3 Å². The van der Waals surface area contributed by atoms with E-state index in [1.165, 1.54) is 12.4 Å². The van der Waals surface area contributed by atoms with Gasteiger partial charge in [-0.25, -0.2) is 9.97 Å². The smallest absolute Gasteiger partial charge is 0.363 e. The molecular weight excluding hydrogens is 425 g/mol. The van der Waals surface area contributed by atoms with Crippen molar-refractivity contribution in [2.75, 3.05) is 18.5 Å². The lowest BCUT2D eigenvalue weighted by atomic mass is 10.0. The summed E-state index contributed by atoms with van der Waals surface area (Å²) < 4.78 is 50.6. The van der Waals surface area contributed by atoms with Crippen LogP contribution in [0.3, 0.4) is 0 Å². The number of hydrogen-bond donors (Lipinski definition) is 2. The van der Waals surface area contributed by atoms with Crippen LogP contribution in [0.5, 0.6) is 0 Å². The highest BCUT2D eigenvalue weighted by molar-refractivity contribution is 5.80. The van der Waals surface area contributed by atoms with E-state index in [4.69, 9.17) is 9.47 Å². The predicted octanol–water partition coefficient (Wildman–Crippen LogP) is 3.93. The number of carbonyl (C=O) groups is 1. The van der Waals surface area contributed by atoms with Crippen LogP contribution in [0, 0.1) is 0 Å². The van der Waals surface area contributed by atoms with Crippen molar-refractivity contribution in [3.8, 4) is 0 Å². The Labute approximate surface area is 183 Å². The summed E-state index contributed by atoms with van der Waals surface area (Å²) in [5.74, 6) is 0.192. The first-order valence-electron chi connectivity index (χ1n) is 10.5. The number of aromatic nitrogens is 2. The molecule has 2 aromatic rings. The van der Waals surface area contributed by atoms with Crippen molar-refractivity contribution >= 4 is 11.7 Å². The summed E-state index contributed by atoms with van der Waals surface area (Å²) in [5, 5.41) is 6.14. The van der Waals surface area contributed by atoms with Crippen molar-refractivity contribution in [2.45, 2.75) is 57.2 Å². The summed E-state index contributed by atoms with van der Waals surface area (Å²) in [5.41, 5.74) is 0.495. The van der Waals surface area contributed by atoms with Crippen molar-refractivity contribution in [3.05, 3.63) is 53.0 Å². The van der Waals surface area contributed by atoms with Crippen LogP contribution in [0.15, 0.2) is 30.6 Å². The van der Waals surface area contributed by atoms with E-state index in [0.29, 0.717) is 35.9 Å². The number of rotatable bonds is 7. The third-order valence-corrected chi connectivity index (χ3v) is 5.66. The molecule has 0 radical (unpaired) electrons. The molecule has 1 amide bonds. The Kier molecular flexibility index (Phi) is 6.09. The third-order valence-electron chi connectivity index (χ3n) is 5.66. The van der Waals surface area contributed by atoms with E-state index in [1.807, 2.05) is 6.92 Å². The Morgan fingerprint density at radius 2 is 1.97 bits per heavy atom. The molecule has 1 saturated carbocycles. The number of carbonyl (C=O) groups excluding carboxylic acids is 1. The van der Waals surface area contributed by atoms with Crippen molar-refractivity contribution < 1.29 is 27.4 Å². The van der Waals surface area contributed by atoms with Gasteiger partial charge >= 0.3 is 6.18 Å². The monoisotopic (exact) mass is 450 g/mol. The van der Waals surface area contributed by atoms with Crippen LogP contribution in [0.2, 0.25) is 0 Å². The quantitative estimate of drug-likeness (QED) is 0.665. The number of nitrogens with one attached hydrogen (secondary N) is 2. The van der Waals surface area contributed by atoms with E-state index in [9.17, 15) is 18.0 Å².